The Labute approximate surface area is 106 Å². The number of hydrogen-bond donors (Lipinski definition) is 1. The predicted octanol–water partition coefficient (Wildman–Crippen LogP) is 0.236. The predicted molar refractivity (Wildman–Crippen MR) is 63.3 cm³/mol. The molecule has 7 nitrogen and oxygen atoms in total. The number of rotatable bonds is 4. The Morgan fingerprint density at radius 3 is 2.83 bits per heavy atom. The molecule has 1 N–H and O–H groups in total. The molecule has 2 heterocycles. The maximum Gasteiger partial charge on any atom is 0.325 e. The number of hydrogen-bond acceptors (Lipinski definition) is 6. The Bertz CT molecular complexity index is 356. The molecule has 0 aliphatic carbocycles. The molecule has 0 spiro atoms. The normalized spacial score (nSPS) is 43.9. The first-order valence-electron chi connectivity index (χ1n) is 5.81. The smallest absolute Gasteiger partial charge is 0.325 e. The van der Waals surface area contributed by atoms with Crippen LogP contribution in [0, 0.1) is 0 Å². The van der Waals surface area contributed by atoms with E-state index in [9.17, 15) is 9.46 Å². The quantitative estimate of drug-likeness (QED) is 0.739. The van der Waals surface area contributed by atoms with E-state index in [1.165, 1.54) is 0 Å². The molecule has 3 unspecified atom stereocenters. The van der Waals surface area contributed by atoms with Crippen molar-refractivity contribution in [3.63, 3.8) is 0 Å². The summed E-state index contributed by atoms with van der Waals surface area (Å²) in [6.07, 6.45) is -1.23. The summed E-state index contributed by atoms with van der Waals surface area (Å²) in [5.41, 5.74) is -0.764. The van der Waals surface area contributed by atoms with E-state index in [4.69, 9.17) is 18.8 Å². The Morgan fingerprint density at radius 1 is 1.61 bits per heavy atom. The minimum atomic E-state index is -3.62. The number of ether oxygens (including phenoxy) is 2. The van der Waals surface area contributed by atoms with E-state index in [2.05, 4.69) is 0 Å². The summed E-state index contributed by atoms with van der Waals surface area (Å²) >= 11 is 0. The van der Waals surface area contributed by atoms with Gasteiger partial charge in [-0.25, -0.2) is 0 Å². The summed E-state index contributed by atoms with van der Waals surface area (Å²) in [6, 6.07) is 0. The van der Waals surface area contributed by atoms with Crippen molar-refractivity contribution in [2.75, 3.05) is 34.0 Å². The second-order valence-electron chi connectivity index (χ2n) is 5.01. The number of likely N-dealkylation sites (N-methyl/N-ethyl adjacent to an activating group) is 1. The maximum absolute atomic E-state index is 11.5. The lowest BCUT2D eigenvalue weighted by atomic mass is 9.94. The molecule has 0 amide bonds. The van der Waals surface area contributed by atoms with Crippen LogP contribution < -0.4 is 0 Å². The van der Waals surface area contributed by atoms with E-state index >= 15 is 0 Å². The molecule has 0 radical (unpaired) electrons. The van der Waals surface area contributed by atoms with Crippen molar-refractivity contribution < 1.29 is 28.3 Å². The van der Waals surface area contributed by atoms with E-state index in [1.807, 2.05) is 6.92 Å². The fourth-order valence-electron chi connectivity index (χ4n) is 2.71. The summed E-state index contributed by atoms with van der Waals surface area (Å²) in [7, 11) is -0.262. The highest BCUT2D eigenvalue weighted by Gasteiger charge is 2.60. The third-order valence-electron chi connectivity index (χ3n) is 3.19. The second-order valence-corrected chi connectivity index (χ2v) is 6.82. The van der Waals surface area contributed by atoms with Crippen LogP contribution in [0.3, 0.4) is 0 Å². The Kier molecular flexibility index (Phi) is 3.86. The van der Waals surface area contributed by atoms with Crippen LogP contribution in [-0.4, -0.2) is 67.8 Å². The molecule has 18 heavy (non-hydrogen) atoms. The Morgan fingerprint density at radius 2 is 2.28 bits per heavy atom. The van der Waals surface area contributed by atoms with Crippen LogP contribution in [0.15, 0.2) is 0 Å². The SMILES string of the molecule is COC[C@]12CN(C)OC(C1OP(C)(=O)O)[C@H](C)O2. The van der Waals surface area contributed by atoms with Gasteiger partial charge in [0.15, 0.2) is 0 Å². The van der Waals surface area contributed by atoms with Gasteiger partial charge in [-0.15, -0.1) is 0 Å². The van der Waals surface area contributed by atoms with Crippen LogP contribution in [0.2, 0.25) is 0 Å². The Hall–Kier alpha value is -0.0100. The third-order valence-corrected chi connectivity index (χ3v) is 3.81. The molecule has 2 aliphatic heterocycles. The molecular weight excluding hydrogens is 261 g/mol. The zero-order valence-corrected chi connectivity index (χ0v) is 11.9. The Balaban J connectivity index is 2.28. The van der Waals surface area contributed by atoms with Crippen LogP contribution in [0.5, 0.6) is 0 Å². The highest BCUT2D eigenvalue weighted by molar-refractivity contribution is 7.51. The first-order valence-corrected chi connectivity index (χ1v) is 7.83. The molecule has 0 saturated carbocycles. The first kappa shape index (κ1) is 14.4. The number of methoxy groups -OCH3 is 1. The standard InChI is InChI=1S/C10H20NO6P/c1-7-8-9(17-18(4,12)13)10(15-7,6-14-3)5-11(2)16-8/h7-9H,5-6H2,1-4H3,(H,12,13)/t7-,8?,9?,10+/m0/s1. The van der Waals surface area contributed by atoms with Crippen molar-refractivity contribution in [2.45, 2.75) is 30.8 Å². The summed E-state index contributed by atoms with van der Waals surface area (Å²) in [4.78, 5) is 15.1. The van der Waals surface area contributed by atoms with Crippen molar-refractivity contribution in [2.24, 2.45) is 0 Å². The molecule has 106 valence electrons. The van der Waals surface area contributed by atoms with Gasteiger partial charge in [-0.3, -0.25) is 13.9 Å². The summed E-state index contributed by atoms with van der Waals surface area (Å²) in [5, 5.41) is 1.66. The highest BCUT2D eigenvalue weighted by Crippen LogP contribution is 2.48. The van der Waals surface area contributed by atoms with Crippen LogP contribution in [0.25, 0.3) is 0 Å². The van der Waals surface area contributed by atoms with E-state index in [1.54, 1.807) is 19.2 Å². The van der Waals surface area contributed by atoms with Gasteiger partial charge in [0.25, 0.3) is 0 Å². The lowest BCUT2D eigenvalue weighted by molar-refractivity contribution is -0.252. The van der Waals surface area contributed by atoms with E-state index in [-0.39, 0.29) is 12.7 Å². The van der Waals surface area contributed by atoms with Gasteiger partial charge < -0.3 is 14.4 Å². The molecule has 2 rings (SSSR count). The van der Waals surface area contributed by atoms with Gasteiger partial charge in [0, 0.05) is 20.8 Å². The fourth-order valence-corrected chi connectivity index (χ4v) is 3.45. The molecule has 0 aromatic rings. The monoisotopic (exact) mass is 281 g/mol. The van der Waals surface area contributed by atoms with Crippen molar-refractivity contribution in [3.05, 3.63) is 0 Å². The van der Waals surface area contributed by atoms with Gasteiger partial charge in [-0.1, -0.05) is 0 Å². The molecule has 0 aromatic heterocycles. The number of hydroxylamine groups is 2. The molecule has 8 heteroatoms. The van der Waals surface area contributed by atoms with Crippen molar-refractivity contribution in [1.29, 1.82) is 0 Å². The van der Waals surface area contributed by atoms with Gasteiger partial charge in [0.05, 0.1) is 19.3 Å². The average Bonchev–Trinajstić information content (AvgIpc) is 2.37. The van der Waals surface area contributed by atoms with Crippen molar-refractivity contribution in [3.8, 4) is 0 Å². The van der Waals surface area contributed by atoms with Crippen LogP contribution >= 0.6 is 7.60 Å². The summed E-state index contributed by atoms with van der Waals surface area (Å²) < 4.78 is 27.9. The zero-order valence-electron chi connectivity index (χ0n) is 11.0. The molecule has 2 saturated heterocycles. The summed E-state index contributed by atoms with van der Waals surface area (Å²) in [5.74, 6) is 0. The highest BCUT2D eigenvalue weighted by atomic mass is 31.2. The van der Waals surface area contributed by atoms with Crippen LogP contribution in [0.4, 0.5) is 0 Å². The minimum Gasteiger partial charge on any atom is -0.382 e. The first-order chi connectivity index (χ1) is 8.27. The molecule has 2 bridgehead atoms. The molecule has 0 aromatic carbocycles. The second kappa shape index (κ2) is 4.83. The summed E-state index contributed by atoms with van der Waals surface area (Å²) in [6.45, 7) is 3.73. The largest absolute Gasteiger partial charge is 0.382 e. The van der Waals surface area contributed by atoms with Gasteiger partial charge in [0.2, 0.25) is 0 Å². The van der Waals surface area contributed by atoms with E-state index < -0.39 is 25.4 Å². The van der Waals surface area contributed by atoms with Gasteiger partial charge in [-0.2, -0.15) is 5.06 Å². The minimum absolute atomic E-state index is 0.221. The lowest BCUT2D eigenvalue weighted by Gasteiger charge is -2.41. The molecule has 2 aliphatic rings. The maximum atomic E-state index is 11.5. The fraction of sp³-hybridized carbons (Fsp3) is 1.00. The van der Waals surface area contributed by atoms with Crippen LogP contribution in [-0.2, 0) is 23.4 Å². The zero-order chi connectivity index (χ0) is 13.6. The van der Waals surface area contributed by atoms with E-state index in [0.29, 0.717) is 6.54 Å². The van der Waals surface area contributed by atoms with E-state index in [0.717, 1.165) is 6.66 Å². The van der Waals surface area contributed by atoms with Crippen molar-refractivity contribution >= 4 is 7.60 Å². The van der Waals surface area contributed by atoms with Gasteiger partial charge in [0.1, 0.15) is 17.8 Å². The van der Waals surface area contributed by atoms with Gasteiger partial charge in [-0.05, 0) is 6.92 Å². The third kappa shape index (κ3) is 2.63. The lowest BCUT2D eigenvalue weighted by Crippen LogP contribution is -2.59. The molecular formula is C10H20NO6P. The molecule has 5 atom stereocenters. The number of fused-ring (bicyclic) bond motifs is 2. The van der Waals surface area contributed by atoms with Crippen LogP contribution in [0.1, 0.15) is 6.92 Å². The van der Waals surface area contributed by atoms with Crippen molar-refractivity contribution in [1.82, 2.24) is 5.06 Å². The molecule has 2 fully saturated rings. The average molecular weight is 281 g/mol. The number of nitrogens with zero attached hydrogens (tertiary/aromatic N) is 1. The topological polar surface area (TPSA) is 77.5 Å². The van der Waals surface area contributed by atoms with Gasteiger partial charge >= 0.3 is 7.60 Å².